The Morgan fingerprint density at radius 3 is 2.70 bits per heavy atom. The van der Waals surface area contributed by atoms with Gasteiger partial charge in [0.25, 0.3) is 5.91 Å². The van der Waals surface area contributed by atoms with Crippen LogP contribution >= 0.6 is 0 Å². The Kier molecular flexibility index (Phi) is 5.16. The maximum absolute atomic E-state index is 12.3. The lowest BCUT2D eigenvalue weighted by molar-refractivity contribution is -0.127. The van der Waals surface area contributed by atoms with Gasteiger partial charge in [-0.05, 0) is 37.1 Å². The Hall–Kier alpha value is -2.03. The van der Waals surface area contributed by atoms with Crippen LogP contribution in [0.15, 0.2) is 42.5 Å². The molecule has 1 amide bonds. The normalized spacial score (nSPS) is 16.9. The molecule has 2 aromatic carbocycles. The minimum Gasteiger partial charge on any atom is -0.480 e. The first-order valence-electron chi connectivity index (χ1n) is 8.66. The molecule has 23 heavy (non-hydrogen) atoms. The molecule has 1 saturated carbocycles. The summed E-state index contributed by atoms with van der Waals surface area (Å²) >= 11 is 0. The lowest BCUT2D eigenvalue weighted by Gasteiger charge is -2.23. The molecule has 0 aliphatic heterocycles. The molecule has 0 aromatic heterocycles. The molecule has 3 nitrogen and oxygen atoms in total. The highest BCUT2D eigenvalue weighted by atomic mass is 16.5. The summed E-state index contributed by atoms with van der Waals surface area (Å²) in [5, 5.41) is 5.22. The Balaban J connectivity index is 1.59. The van der Waals surface area contributed by atoms with Crippen molar-refractivity contribution in [2.24, 2.45) is 5.92 Å². The van der Waals surface area contributed by atoms with Crippen LogP contribution < -0.4 is 10.1 Å². The number of benzene rings is 2. The number of carbonyl (C=O) groups is 1. The quantitative estimate of drug-likeness (QED) is 0.894. The molecular formula is C20H25NO2. The average Bonchev–Trinajstić information content (AvgIpc) is 2.61. The lowest BCUT2D eigenvalue weighted by Crippen LogP contribution is -2.39. The molecule has 1 aliphatic rings. The van der Waals surface area contributed by atoms with E-state index < -0.39 is 6.10 Å². The predicted octanol–water partition coefficient (Wildman–Crippen LogP) is 4.30. The minimum absolute atomic E-state index is 0.0245. The predicted molar refractivity (Wildman–Crippen MR) is 93.6 cm³/mol. The average molecular weight is 311 g/mol. The van der Waals surface area contributed by atoms with E-state index >= 15 is 0 Å². The van der Waals surface area contributed by atoms with Gasteiger partial charge in [-0.15, -0.1) is 0 Å². The zero-order chi connectivity index (χ0) is 16.1. The Labute approximate surface area is 138 Å². The number of hydrogen-bond acceptors (Lipinski definition) is 2. The summed E-state index contributed by atoms with van der Waals surface area (Å²) in [4.78, 5) is 12.3. The molecule has 1 aliphatic carbocycles. The smallest absolute Gasteiger partial charge is 0.260 e. The molecule has 1 fully saturated rings. The van der Waals surface area contributed by atoms with Crippen LogP contribution in [0.5, 0.6) is 5.75 Å². The highest BCUT2D eigenvalue weighted by molar-refractivity contribution is 5.89. The third-order valence-corrected chi connectivity index (χ3v) is 4.71. The van der Waals surface area contributed by atoms with E-state index in [-0.39, 0.29) is 5.91 Å². The first-order chi connectivity index (χ1) is 11.2. The monoisotopic (exact) mass is 311 g/mol. The van der Waals surface area contributed by atoms with Gasteiger partial charge in [0, 0.05) is 11.9 Å². The SMILES string of the molecule is C[C@@H](Oc1cccc2ccccc12)C(=O)NCC1CCCCC1. The van der Waals surface area contributed by atoms with E-state index in [1.165, 1.54) is 32.1 Å². The molecule has 0 saturated heterocycles. The Morgan fingerprint density at radius 1 is 1.13 bits per heavy atom. The molecule has 0 radical (unpaired) electrons. The van der Waals surface area contributed by atoms with Crippen LogP contribution in [0.1, 0.15) is 39.0 Å². The zero-order valence-corrected chi connectivity index (χ0v) is 13.8. The standard InChI is InChI=1S/C20H25NO2/c1-15(20(22)21-14-16-8-3-2-4-9-16)23-19-13-7-11-17-10-5-6-12-18(17)19/h5-7,10-13,15-16H,2-4,8-9,14H2,1H3,(H,21,22)/t15-/m1/s1. The van der Waals surface area contributed by atoms with Gasteiger partial charge in [-0.1, -0.05) is 55.7 Å². The van der Waals surface area contributed by atoms with Gasteiger partial charge in [0.15, 0.2) is 6.10 Å². The van der Waals surface area contributed by atoms with Gasteiger partial charge in [0.05, 0.1) is 0 Å². The maximum atomic E-state index is 12.3. The van der Waals surface area contributed by atoms with Crippen LogP contribution in [0.2, 0.25) is 0 Å². The fourth-order valence-corrected chi connectivity index (χ4v) is 3.32. The first-order valence-corrected chi connectivity index (χ1v) is 8.66. The zero-order valence-electron chi connectivity index (χ0n) is 13.8. The van der Waals surface area contributed by atoms with Crippen LogP contribution in [0, 0.1) is 5.92 Å². The third kappa shape index (κ3) is 4.04. The Morgan fingerprint density at radius 2 is 1.87 bits per heavy atom. The van der Waals surface area contributed by atoms with Crippen molar-refractivity contribution in [3.63, 3.8) is 0 Å². The molecule has 0 unspecified atom stereocenters. The number of amides is 1. The van der Waals surface area contributed by atoms with E-state index in [1.807, 2.05) is 37.3 Å². The second-order valence-corrected chi connectivity index (χ2v) is 6.49. The number of nitrogens with one attached hydrogen (secondary N) is 1. The summed E-state index contributed by atoms with van der Waals surface area (Å²) < 4.78 is 5.92. The van der Waals surface area contributed by atoms with Crippen LogP contribution in [-0.4, -0.2) is 18.6 Å². The van der Waals surface area contributed by atoms with Crippen LogP contribution in [0.4, 0.5) is 0 Å². The topological polar surface area (TPSA) is 38.3 Å². The molecule has 0 heterocycles. The molecule has 1 N–H and O–H groups in total. The second kappa shape index (κ2) is 7.49. The lowest BCUT2D eigenvalue weighted by atomic mass is 9.89. The number of hydrogen-bond donors (Lipinski definition) is 1. The fourth-order valence-electron chi connectivity index (χ4n) is 3.32. The van der Waals surface area contributed by atoms with Crippen LogP contribution in [0.25, 0.3) is 10.8 Å². The summed E-state index contributed by atoms with van der Waals surface area (Å²) in [6, 6.07) is 14.0. The van der Waals surface area contributed by atoms with Gasteiger partial charge in [-0.25, -0.2) is 0 Å². The molecule has 2 aromatic rings. The minimum atomic E-state index is -0.482. The van der Waals surface area contributed by atoms with Gasteiger partial charge >= 0.3 is 0 Å². The third-order valence-electron chi connectivity index (χ3n) is 4.71. The molecular weight excluding hydrogens is 286 g/mol. The Bertz CT molecular complexity index is 656. The van der Waals surface area contributed by atoms with Crippen molar-refractivity contribution in [2.75, 3.05) is 6.54 Å². The van der Waals surface area contributed by atoms with Gasteiger partial charge in [-0.2, -0.15) is 0 Å². The van der Waals surface area contributed by atoms with Gasteiger partial charge in [0.2, 0.25) is 0 Å². The number of fused-ring (bicyclic) bond motifs is 1. The molecule has 0 spiro atoms. The van der Waals surface area contributed by atoms with E-state index in [2.05, 4.69) is 17.4 Å². The molecule has 1 atom stereocenters. The maximum Gasteiger partial charge on any atom is 0.260 e. The van der Waals surface area contributed by atoms with Crippen LogP contribution in [-0.2, 0) is 4.79 Å². The van der Waals surface area contributed by atoms with Crippen molar-refractivity contribution in [1.29, 1.82) is 0 Å². The summed E-state index contributed by atoms with van der Waals surface area (Å²) in [5.74, 6) is 1.38. The van der Waals surface area contributed by atoms with Crippen molar-refractivity contribution in [3.05, 3.63) is 42.5 Å². The molecule has 3 rings (SSSR count). The molecule has 3 heteroatoms. The largest absolute Gasteiger partial charge is 0.480 e. The van der Waals surface area contributed by atoms with E-state index in [9.17, 15) is 4.79 Å². The summed E-state index contributed by atoms with van der Waals surface area (Å²) in [5.41, 5.74) is 0. The van der Waals surface area contributed by atoms with Crippen molar-refractivity contribution < 1.29 is 9.53 Å². The summed E-state index contributed by atoms with van der Waals surface area (Å²) in [7, 11) is 0. The summed E-state index contributed by atoms with van der Waals surface area (Å²) in [6.07, 6.45) is 5.91. The van der Waals surface area contributed by atoms with E-state index in [4.69, 9.17) is 4.74 Å². The van der Waals surface area contributed by atoms with Gasteiger partial charge in [0.1, 0.15) is 5.75 Å². The van der Waals surface area contributed by atoms with Crippen molar-refractivity contribution >= 4 is 16.7 Å². The molecule has 0 bridgehead atoms. The van der Waals surface area contributed by atoms with Crippen molar-refractivity contribution in [2.45, 2.75) is 45.1 Å². The number of rotatable bonds is 5. The number of carbonyl (C=O) groups excluding carboxylic acids is 1. The second-order valence-electron chi connectivity index (χ2n) is 6.49. The van der Waals surface area contributed by atoms with Crippen molar-refractivity contribution in [1.82, 2.24) is 5.32 Å². The van der Waals surface area contributed by atoms with E-state index in [0.29, 0.717) is 5.92 Å². The van der Waals surface area contributed by atoms with Crippen LogP contribution in [0.3, 0.4) is 0 Å². The van der Waals surface area contributed by atoms with E-state index in [1.54, 1.807) is 0 Å². The van der Waals surface area contributed by atoms with E-state index in [0.717, 1.165) is 23.1 Å². The van der Waals surface area contributed by atoms with Gasteiger partial charge in [-0.3, -0.25) is 4.79 Å². The van der Waals surface area contributed by atoms with Gasteiger partial charge < -0.3 is 10.1 Å². The van der Waals surface area contributed by atoms with Crippen molar-refractivity contribution in [3.8, 4) is 5.75 Å². The first kappa shape index (κ1) is 15.9. The molecule has 122 valence electrons. The highest BCUT2D eigenvalue weighted by Crippen LogP contribution is 2.26. The summed E-state index contributed by atoms with van der Waals surface area (Å²) in [6.45, 7) is 2.60. The number of ether oxygens (including phenoxy) is 1. The fraction of sp³-hybridized carbons (Fsp3) is 0.450. The highest BCUT2D eigenvalue weighted by Gasteiger charge is 2.18.